The van der Waals surface area contributed by atoms with Gasteiger partial charge < -0.3 is 10.4 Å². The second kappa shape index (κ2) is 5.53. The molecule has 17 heavy (non-hydrogen) atoms. The van der Waals surface area contributed by atoms with Gasteiger partial charge in [-0.05, 0) is 19.9 Å². The molecule has 0 aliphatic carbocycles. The number of aliphatic hydroxyl groups is 1. The molecule has 94 valence electrons. The van der Waals surface area contributed by atoms with Crippen molar-refractivity contribution in [3.63, 3.8) is 0 Å². The Hall–Kier alpha value is -1.04. The Kier molecular flexibility index (Phi) is 4.04. The second-order valence-corrected chi connectivity index (χ2v) is 4.61. The zero-order chi connectivity index (χ0) is 12.1. The van der Waals surface area contributed by atoms with Gasteiger partial charge in [0.2, 0.25) is 0 Å². The highest BCUT2D eigenvalue weighted by Crippen LogP contribution is 2.26. The van der Waals surface area contributed by atoms with Gasteiger partial charge in [0, 0.05) is 32.0 Å². The standard InChI is InChI=1S/C12H20N4O/c1-12(10-17,11-9-14-4-5-15-11)16-7-2-3-13-6-8-16/h4-5,9,13,17H,2-3,6-8,10H2,1H3. The number of nitrogens with one attached hydrogen (secondary N) is 1. The van der Waals surface area contributed by atoms with Crippen molar-refractivity contribution in [1.29, 1.82) is 0 Å². The van der Waals surface area contributed by atoms with Crippen LogP contribution in [0.2, 0.25) is 0 Å². The monoisotopic (exact) mass is 236 g/mol. The quantitative estimate of drug-likeness (QED) is 0.772. The molecule has 2 N–H and O–H groups in total. The number of aromatic nitrogens is 2. The molecule has 1 aliphatic rings. The van der Waals surface area contributed by atoms with E-state index in [9.17, 15) is 5.11 Å². The van der Waals surface area contributed by atoms with Gasteiger partial charge in [0.1, 0.15) is 0 Å². The summed E-state index contributed by atoms with van der Waals surface area (Å²) in [5.41, 5.74) is 0.407. The Balaban J connectivity index is 2.23. The van der Waals surface area contributed by atoms with Crippen molar-refractivity contribution in [3.8, 4) is 0 Å². The Morgan fingerprint density at radius 3 is 3.00 bits per heavy atom. The summed E-state index contributed by atoms with van der Waals surface area (Å²) in [7, 11) is 0. The van der Waals surface area contributed by atoms with Gasteiger partial charge in [0.15, 0.2) is 0 Å². The van der Waals surface area contributed by atoms with Crippen LogP contribution in [0.3, 0.4) is 0 Å². The highest BCUT2D eigenvalue weighted by Gasteiger charge is 2.34. The Bertz CT molecular complexity index is 338. The van der Waals surface area contributed by atoms with E-state index in [1.165, 1.54) is 0 Å². The summed E-state index contributed by atoms with van der Waals surface area (Å²) in [6.07, 6.45) is 6.18. The second-order valence-electron chi connectivity index (χ2n) is 4.61. The van der Waals surface area contributed by atoms with E-state index in [0.717, 1.165) is 38.3 Å². The molecular formula is C12H20N4O. The minimum absolute atomic E-state index is 0.0612. The molecule has 2 rings (SSSR count). The first-order chi connectivity index (χ1) is 8.27. The maximum absolute atomic E-state index is 9.75. The summed E-state index contributed by atoms with van der Waals surface area (Å²) in [6.45, 7) is 5.98. The molecule has 1 unspecified atom stereocenters. The fourth-order valence-electron chi connectivity index (χ4n) is 2.26. The molecule has 1 aromatic heterocycles. The summed E-state index contributed by atoms with van der Waals surface area (Å²) in [5, 5.41) is 13.1. The smallest absolute Gasteiger partial charge is 0.0854 e. The Morgan fingerprint density at radius 1 is 1.41 bits per heavy atom. The highest BCUT2D eigenvalue weighted by molar-refractivity contribution is 5.11. The van der Waals surface area contributed by atoms with Crippen LogP contribution in [0.15, 0.2) is 18.6 Å². The zero-order valence-electron chi connectivity index (χ0n) is 10.3. The van der Waals surface area contributed by atoms with Gasteiger partial charge in [-0.1, -0.05) is 0 Å². The molecule has 1 saturated heterocycles. The summed E-state index contributed by atoms with van der Waals surface area (Å²) in [6, 6.07) is 0. The maximum atomic E-state index is 9.75. The van der Waals surface area contributed by atoms with Crippen molar-refractivity contribution in [3.05, 3.63) is 24.3 Å². The van der Waals surface area contributed by atoms with E-state index in [4.69, 9.17) is 0 Å². The predicted octanol–water partition coefficient (Wildman–Crippen LogP) is -0.0206. The average Bonchev–Trinajstić information content (AvgIpc) is 2.68. The van der Waals surface area contributed by atoms with Crippen molar-refractivity contribution in [2.75, 3.05) is 32.8 Å². The first-order valence-electron chi connectivity index (χ1n) is 6.10. The van der Waals surface area contributed by atoms with E-state index in [0.29, 0.717) is 0 Å². The molecule has 2 heterocycles. The van der Waals surface area contributed by atoms with Crippen LogP contribution in [0.25, 0.3) is 0 Å². The molecule has 1 aromatic rings. The molecular weight excluding hydrogens is 216 g/mol. The molecule has 0 radical (unpaired) electrons. The summed E-state index contributed by atoms with van der Waals surface area (Å²) in [4.78, 5) is 10.7. The van der Waals surface area contributed by atoms with E-state index in [1.54, 1.807) is 18.6 Å². The van der Waals surface area contributed by atoms with Gasteiger partial charge in [0.25, 0.3) is 0 Å². The number of hydrogen-bond acceptors (Lipinski definition) is 5. The summed E-state index contributed by atoms with van der Waals surface area (Å²) >= 11 is 0. The molecule has 0 amide bonds. The van der Waals surface area contributed by atoms with Crippen molar-refractivity contribution < 1.29 is 5.11 Å². The first-order valence-corrected chi connectivity index (χ1v) is 6.10. The third kappa shape index (κ3) is 2.62. The van der Waals surface area contributed by atoms with E-state index in [2.05, 4.69) is 20.2 Å². The van der Waals surface area contributed by atoms with Crippen LogP contribution in [0, 0.1) is 0 Å². The highest BCUT2D eigenvalue weighted by atomic mass is 16.3. The van der Waals surface area contributed by atoms with Crippen LogP contribution in [-0.2, 0) is 5.54 Å². The van der Waals surface area contributed by atoms with Crippen molar-refractivity contribution in [2.24, 2.45) is 0 Å². The third-order valence-electron chi connectivity index (χ3n) is 3.46. The Morgan fingerprint density at radius 2 is 2.29 bits per heavy atom. The van der Waals surface area contributed by atoms with Gasteiger partial charge in [0.05, 0.1) is 24.0 Å². The number of nitrogens with zero attached hydrogens (tertiary/aromatic N) is 3. The van der Waals surface area contributed by atoms with Crippen LogP contribution in [0.5, 0.6) is 0 Å². The summed E-state index contributed by atoms with van der Waals surface area (Å²) < 4.78 is 0. The van der Waals surface area contributed by atoms with Crippen molar-refractivity contribution >= 4 is 0 Å². The molecule has 5 heteroatoms. The minimum Gasteiger partial charge on any atom is -0.394 e. The Labute approximate surface area is 102 Å². The van der Waals surface area contributed by atoms with Crippen LogP contribution in [-0.4, -0.2) is 52.8 Å². The lowest BCUT2D eigenvalue weighted by Gasteiger charge is -2.38. The molecule has 0 bridgehead atoms. The van der Waals surface area contributed by atoms with Gasteiger partial charge >= 0.3 is 0 Å². The lowest BCUT2D eigenvalue weighted by molar-refractivity contribution is 0.0416. The van der Waals surface area contributed by atoms with Gasteiger partial charge in [-0.2, -0.15) is 0 Å². The maximum Gasteiger partial charge on any atom is 0.0854 e. The molecule has 1 atom stereocenters. The fourth-order valence-corrected chi connectivity index (χ4v) is 2.26. The minimum atomic E-state index is -0.430. The van der Waals surface area contributed by atoms with Crippen LogP contribution in [0.1, 0.15) is 19.0 Å². The molecule has 1 aliphatic heterocycles. The topological polar surface area (TPSA) is 61.3 Å². The van der Waals surface area contributed by atoms with Gasteiger partial charge in [-0.15, -0.1) is 0 Å². The number of rotatable bonds is 3. The molecule has 0 spiro atoms. The van der Waals surface area contributed by atoms with Crippen LogP contribution in [0.4, 0.5) is 0 Å². The van der Waals surface area contributed by atoms with E-state index < -0.39 is 5.54 Å². The van der Waals surface area contributed by atoms with Crippen molar-refractivity contribution in [2.45, 2.75) is 18.9 Å². The van der Waals surface area contributed by atoms with Gasteiger partial charge in [-0.25, -0.2) is 0 Å². The van der Waals surface area contributed by atoms with E-state index in [1.807, 2.05) is 6.92 Å². The number of hydrogen-bond donors (Lipinski definition) is 2. The van der Waals surface area contributed by atoms with E-state index in [-0.39, 0.29) is 6.61 Å². The van der Waals surface area contributed by atoms with Crippen LogP contribution < -0.4 is 5.32 Å². The molecule has 0 aromatic carbocycles. The van der Waals surface area contributed by atoms with Crippen LogP contribution >= 0.6 is 0 Å². The number of aliphatic hydroxyl groups excluding tert-OH is 1. The first kappa shape index (κ1) is 12.4. The molecule has 1 fully saturated rings. The zero-order valence-corrected chi connectivity index (χ0v) is 10.3. The summed E-state index contributed by atoms with van der Waals surface area (Å²) in [5.74, 6) is 0. The van der Waals surface area contributed by atoms with Crippen molar-refractivity contribution in [1.82, 2.24) is 20.2 Å². The third-order valence-corrected chi connectivity index (χ3v) is 3.46. The predicted molar refractivity (Wildman–Crippen MR) is 65.5 cm³/mol. The average molecular weight is 236 g/mol. The van der Waals surface area contributed by atoms with Gasteiger partial charge in [-0.3, -0.25) is 14.9 Å². The molecule has 5 nitrogen and oxygen atoms in total. The largest absolute Gasteiger partial charge is 0.394 e. The van der Waals surface area contributed by atoms with E-state index >= 15 is 0 Å². The normalized spacial score (nSPS) is 21.8. The lowest BCUT2D eigenvalue weighted by atomic mass is 9.96. The SMILES string of the molecule is CC(CO)(c1cnccn1)N1CCCNCC1. The fraction of sp³-hybridized carbons (Fsp3) is 0.667. The molecule has 0 saturated carbocycles. The lowest BCUT2D eigenvalue weighted by Crippen LogP contribution is -2.48.